The van der Waals surface area contributed by atoms with Gasteiger partial charge in [-0.25, -0.2) is 17.2 Å². The van der Waals surface area contributed by atoms with Gasteiger partial charge in [-0.3, -0.25) is 13.9 Å². The molecular formula is C25H33F2N3O4S. The molecule has 2 aromatic carbocycles. The number of hydrogen-bond acceptors (Lipinski definition) is 4. The number of hydrogen-bond donors (Lipinski definition) is 1. The molecule has 0 aliphatic heterocycles. The summed E-state index contributed by atoms with van der Waals surface area (Å²) in [5, 5.41) is 2.89. The van der Waals surface area contributed by atoms with Crippen molar-refractivity contribution >= 4 is 27.5 Å². The van der Waals surface area contributed by atoms with Gasteiger partial charge in [-0.1, -0.05) is 43.7 Å². The minimum atomic E-state index is -4.04. The molecule has 0 unspecified atom stereocenters. The quantitative estimate of drug-likeness (QED) is 0.500. The molecule has 2 rings (SSSR count). The lowest BCUT2D eigenvalue weighted by molar-refractivity contribution is -0.140. The number of aryl methyl sites for hydroxylation is 1. The van der Waals surface area contributed by atoms with Crippen molar-refractivity contribution in [1.82, 2.24) is 10.2 Å². The highest BCUT2D eigenvalue weighted by Gasteiger charge is 2.32. The molecule has 0 saturated carbocycles. The summed E-state index contributed by atoms with van der Waals surface area (Å²) in [6.45, 7) is 6.84. The van der Waals surface area contributed by atoms with Crippen molar-refractivity contribution in [3.8, 4) is 0 Å². The Hall–Kier alpha value is -3.01. The van der Waals surface area contributed by atoms with E-state index in [-0.39, 0.29) is 24.2 Å². The molecule has 7 nitrogen and oxygen atoms in total. The first-order valence-corrected chi connectivity index (χ1v) is 13.3. The first-order valence-electron chi connectivity index (χ1n) is 11.5. The van der Waals surface area contributed by atoms with Gasteiger partial charge in [0.25, 0.3) is 0 Å². The van der Waals surface area contributed by atoms with E-state index < -0.39 is 40.2 Å². The minimum Gasteiger partial charge on any atom is -0.352 e. The lowest BCUT2D eigenvalue weighted by atomic mass is 10.1. The van der Waals surface area contributed by atoms with Crippen molar-refractivity contribution in [3.05, 3.63) is 65.2 Å². The average molecular weight is 510 g/mol. The zero-order valence-electron chi connectivity index (χ0n) is 20.7. The van der Waals surface area contributed by atoms with Gasteiger partial charge in [0.05, 0.1) is 11.9 Å². The third-order valence-electron chi connectivity index (χ3n) is 5.69. The van der Waals surface area contributed by atoms with Crippen molar-refractivity contribution < 1.29 is 26.8 Å². The second kappa shape index (κ2) is 12.1. The molecule has 1 N–H and O–H groups in total. The summed E-state index contributed by atoms with van der Waals surface area (Å²) >= 11 is 0. The summed E-state index contributed by atoms with van der Waals surface area (Å²) in [6.07, 6.45) is 1.87. The molecule has 0 bridgehead atoms. The molecule has 2 amide bonds. The van der Waals surface area contributed by atoms with E-state index in [1.165, 1.54) is 4.90 Å². The van der Waals surface area contributed by atoms with Gasteiger partial charge in [0, 0.05) is 18.7 Å². The molecule has 0 spiro atoms. The molecule has 0 saturated heterocycles. The van der Waals surface area contributed by atoms with Crippen LogP contribution in [0.1, 0.15) is 44.7 Å². The highest BCUT2D eigenvalue weighted by atomic mass is 32.2. The summed E-state index contributed by atoms with van der Waals surface area (Å²) in [5.74, 6) is -3.36. The van der Waals surface area contributed by atoms with Crippen LogP contribution in [0.15, 0.2) is 42.5 Å². The van der Waals surface area contributed by atoms with E-state index in [4.69, 9.17) is 0 Å². The molecule has 2 atom stereocenters. The molecular weight excluding hydrogens is 476 g/mol. The Bertz CT molecular complexity index is 1160. The summed E-state index contributed by atoms with van der Waals surface area (Å²) in [7, 11) is -4.04. The highest BCUT2D eigenvalue weighted by molar-refractivity contribution is 7.92. The Labute approximate surface area is 206 Å². The van der Waals surface area contributed by atoms with Crippen molar-refractivity contribution in [2.45, 2.75) is 59.2 Å². The van der Waals surface area contributed by atoms with Crippen LogP contribution in [0.4, 0.5) is 14.5 Å². The van der Waals surface area contributed by atoms with E-state index in [1.54, 1.807) is 6.92 Å². The Balaban J connectivity index is 2.46. The maximum Gasteiger partial charge on any atom is 0.244 e. The SMILES string of the molecule is CC[C@H](C(=O)N[C@@H](C)CC)N(Cc1cccc(C)c1)C(=O)CN(c1ccc(F)c(F)c1)S(C)(=O)=O. The van der Waals surface area contributed by atoms with Crippen LogP contribution in [0.25, 0.3) is 0 Å². The second-order valence-electron chi connectivity index (χ2n) is 8.62. The largest absolute Gasteiger partial charge is 0.352 e. The van der Waals surface area contributed by atoms with E-state index in [0.717, 1.165) is 35.6 Å². The van der Waals surface area contributed by atoms with Gasteiger partial charge in [0.15, 0.2) is 11.6 Å². The number of amides is 2. The maximum atomic E-state index is 13.8. The molecule has 0 fully saturated rings. The Morgan fingerprint density at radius 3 is 2.26 bits per heavy atom. The normalized spacial score (nSPS) is 13.1. The highest BCUT2D eigenvalue weighted by Crippen LogP contribution is 2.22. The number of nitrogens with one attached hydrogen (secondary N) is 1. The van der Waals surface area contributed by atoms with Crippen molar-refractivity contribution in [2.24, 2.45) is 0 Å². The van der Waals surface area contributed by atoms with Crippen LogP contribution in [0.5, 0.6) is 0 Å². The molecule has 2 aromatic rings. The van der Waals surface area contributed by atoms with Gasteiger partial charge in [-0.15, -0.1) is 0 Å². The Kier molecular flexibility index (Phi) is 9.76. The molecule has 0 radical (unpaired) electrons. The number of sulfonamides is 1. The Morgan fingerprint density at radius 2 is 1.71 bits per heavy atom. The van der Waals surface area contributed by atoms with Gasteiger partial charge in [0.1, 0.15) is 12.6 Å². The van der Waals surface area contributed by atoms with Gasteiger partial charge in [-0.2, -0.15) is 0 Å². The fourth-order valence-electron chi connectivity index (χ4n) is 3.62. The minimum absolute atomic E-state index is 0.0718. The number of anilines is 1. The number of carbonyl (C=O) groups excluding carboxylic acids is 2. The third-order valence-corrected chi connectivity index (χ3v) is 6.83. The summed E-state index contributed by atoms with van der Waals surface area (Å²) in [6, 6.07) is 9.07. The summed E-state index contributed by atoms with van der Waals surface area (Å²) in [4.78, 5) is 27.9. The summed E-state index contributed by atoms with van der Waals surface area (Å²) < 4.78 is 53.0. The number of rotatable bonds is 11. The van der Waals surface area contributed by atoms with E-state index in [0.29, 0.717) is 17.1 Å². The first-order chi connectivity index (χ1) is 16.4. The van der Waals surface area contributed by atoms with Crippen LogP contribution < -0.4 is 9.62 Å². The molecule has 0 aromatic heterocycles. The predicted molar refractivity (Wildman–Crippen MR) is 132 cm³/mol. The topological polar surface area (TPSA) is 86.8 Å². The standard InChI is InChI=1S/C25H33F2N3O4S/c1-6-18(4)28-25(32)23(7-2)29(15-19-10-8-9-17(3)13-19)24(31)16-30(35(5,33)34)20-11-12-21(26)22(27)14-20/h8-14,18,23H,6-7,15-16H2,1-5H3,(H,28,32)/t18-,23+/m0/s1. The lowest BCUT2D eigenvalue weighted by Crippen LogP contribution is -2.53. The van der Waals surface area contributed by atoms with Crippen molar-refractivity contribution in [2.75, 3.05) is 17.1 Å². The van der Waals surface area contributed by atoms with Crippen LogP contribution in [0.3, 0.4) is 0 Å². The fourth-order valence-corrected chi connectivity index (χ4v) is 4.46. The molecule has 192 valence electrons. The maximum absolute atomic E-state index is 13.8. The van der Waals surface area contributed by atoms with Crippen LogP contribution in [-0.4, -0.2) is 50.0 Å². The van der Waals surface area contributed by atoms with Gasteiger partial charge < -0.3 is 10.2 Å². The predicted octanol–water partition coefficient (Wildman–Crippen LogP) is 3.76. The van der Waals surface area contributed by atoms with Crippen molar-refractivity contribution in [3.63, 3.8) is 0 Å². The van der Waals surface area contributed by atoms with E-state index in [9.17, 15) is 26.8 Å². The van der Waals surface area contributed by atoms with Crippen LogP contribution >= 0.6 is 0 Å². The van der Waals surface area contributed by atoms with Crippen LogP contribution in [0.2, 0.25) is 0 Å². The first kappa shape index (κ1) is 28.2. The fraction of sp³-hybridized carbons (Fsp3) is 0.440. The average Bonchev–Trinajstić information content (AvgIpc) is 2.78. The van der Waals surface area contributed by atoms with E-state index in [1.807, 2.05) is 45.0 Å². The molecule has 0 aliphatic rings. The van der Waals surface area contributed by atoms with Crippen molar-refractivity contribution in [1.29, 1.82) is 0 Å². The van der Waals surface area contributed by atoms with E-state index in [2.05, 4.69) is 5.32 Å². The molecule has 35 heavy (non-hydrogen) atoms. The number of nitrogens with zero attached hydrogens (tertiary/aromatic N) is 2. The number of halogens is 2. The van der Waals surface area contributed by atoms with Crippen LogP contribution in [0, 0.1) is 18.6 Å². The second-order valence-corrected chi connectivity index (χ2v) is 10.5. The molecule has 0 heterocycles. The number of carbonyl (C=O) groups is 2. The van der Waals surface area contributed by atoms with Gasteiger partial charge in [0.2, 0.25) is 21.8 Å². The zero-order valence-corrected chi connectivity index (χ0v) is 21.5. The van der Waals surface area contributed by atoms with Crippen LogP contribution in [-0.2, 0) is 26.2 Å². The zero-order chi connectivity index (χ0) is 26.3. The smallest absolute Gasteiger partial charge is 0.244 e. The lowest BCUT2D eigenvalue weighted by Gasteiger charge is -2.33. The summed E-state index contributed by atoms with van der Waals surface area (Å²) in [5.41, 5.74) is 1.55. The van der Waals surface area contributed by atoms with Gasteiger partial charge in [-0.05, 0) is 44.4 Å². The molecule has 10 heteroatoms. The monoisotopic (exact) mass is 509 g/mol. The third kappa shape index (κ3) is 7.74. The molecule has 0 aliphatic carbocycles. The number of benzene rings is 2. The van der Waals surface area contributed by atoms with Gasteiger partial charge >= 0.3 is 0 Å². The Morgan fingerprint density at radius 1 is 1.03 bits per heavy atom. The van der Waals surface area contributed by atoms with E-state index >= 15 is 0 Å².